The number of nitrogens with zero attached hydrogens (tertiary/aromatic N) is 2. The van der Waals surface area contributed by atoms with Crippen molar-refractivity contribution in [1.29, 1.82) is 0 Å². The molecule has 0 radical (unpaired) electrons. The Morgan fingerprint density at radius 3 is 2.79 bits per heavy atom. The predicted octanol–water partition coefficient (Wildman–Crippen LogP) is 3.90. The van der Waals surface area contributed by atoms with Crippen molar-refractivity contribution in [3.63, 3.8) is 0 Å². The second-order valence-electron chi connectivity index (χ2n) is 10.0. The van der Waals surface area contributed by atoms with Crippen molar-refractivity contribution in [3.05, 3.63) is 47.7 Å². The highest BCUT2D eigenvalue weighted by molar-refractivity contribution is 5.85. The van der Waals surface area contributed by atoms with E-state index < -0.39 is 5.97 Å². The second kappa shape index (κ2) is 10.6. The fraction of sp³-hybridized carbons (Fsp3) is 0.577. The predicted molar refractivity (Wildman–Crippen MR) is 127 cm³/mol. The first kappa shape index (κ1) is 24.3. The molecule has 0 saturated heterocycles. The molecule has 1 amide bonds. The summed E-state index contributed by atoms with van der Waals surface area (Å²) in [5.41, 5.74) is 1.15. The number of hydrogen-bond donors (Lipinski definition) is 2. The van der Waals surface area contributed by atoms with Gasteiger partial charge in [-0.2, -0.15) is 5.10 Å². The number of rotatable bonds is 11. The Bertz CT molecular complexity index is 990. The summed E-state index contributed by atoms with van der Waals surface area (Å²) >= 11 is 0. The molecule has 2 unspecified atom stereocenters. The number of amides is 1. The SMILES string of the molecule is CC(C)COc1cc(C(=O)O)nn1CC(=O)NC1CC12CCCC[C@@H]2COCc1ccccc1. The zero-order valence-corrected chi connectivity index (χ0v) is 20.0. The lowest BCUT2D eigenvalue weighted by Gasteiger charge is -2.33. The number of carbonyl (C=O) groups excluding carboxylic acids is 1. The van der Waals surface area contributed by atoms with Crippen molar-refractivity contribution in [1.82, 2.24) is 15.1 Å². The van der Waals surface area contributed by atoms with E-state index in [4.69, 9.17) is 9.47 Å². The van der Waals surface area contributed by atoms with E-state index >= 15 is 0 Å². The maximum Gasteiger partial charge on any atom is 0.356 e. The second-order valence-corrected chi connectivity index (χ2v) is 10.0. The summed E-state index contributed by atoms with van der Waals surface area (Å²) in [4.78, 5) is 24.2. The van der Waals surface area contributed by atoms with E-state index in [1.165, 1.54) is 29.2 Å². The van der Waals surface area contributed by atoms with Gasteiger partial charge in [-0.3, -0.25) is 4.79 Å². The van der Waals surface area contributed by atoms with Crippen molar-refractivity contribution in [2.75, 3.05) is 13.2 Å². The van der Waals surface area contributed by atoms with E-state index in [-0.39, 0.29) is 35.5 Å². The lowest BCUT2D eigenvalue weighted by atomic mass is 9.76. The molecule has 1 heterocycles. The minimum atomic E-state index is -1.14. The third-order valence-electron chi connectivity index (χ3n) is 6.96. The van der Waals surface area contributed by atoms with Gasteiger partial charge in [-0.15, -0.1) is 0 Å². The first-order valence-electron chi connectivity index (χ1n) is 12.2. The number of carbonyl (C=O) groups is 2. The Kier molecular flexibility index (Phi) is 7.56. The summed E-state index contributed by atoms with van der Waals surface area (Å²) in [6.07, 6.45) is 5.56. The molecule has 4 rings (SSSR count). The Morgan fingerprint density at radius 1 is 1.26 bits per heavy atom. The van der Waals surface area contributed by atoms with Crippen LogP contribution in [0.1, 0.15) is 62.0 Å². The Balaban J connectivity index is 1.33. The minimum Gasteiger partial charge on any atom is -0.478 e. The molecule has 184 valence electrons. The fourth-order valence-corrected chi connectivity index (χ4v) is 5.08. The number of nitrogens with one attached hydrogen (secondary N) is 1. The molecule has 34 heavy (non-hydrogen) atoms. The maximum absolute atomic E-state index is 12.9. The molecule has 2 saturated carbocycles. The quantitative estimate of drug-likeness (QED) is 0.517. The highest BCUT2D eigenvalue weighted by Crippen LogP contribution is 2.59. The molecule has 2 fully saturated rings. The third kappa shape index (κ3) is 5.78. The van der Waals surface area contributed by atoms with Crippen LogP contribution in [0.5, 0.6) is 5.88 Å². The number of carboxylic acids is 1. The van der Waals surface area contributed by atoms with Gasteiger partial charge < -0.3 is 19.9 Å². The van der Waals surface area contributed by atoms with Crippen molar-refractivity contribution >= 4 is 11.9 Å². The van der Waals surface area contributed by atoms with Crippen LogP contribution in [-0.4, -0.2) is 46.0 Å². The Morgan fingerprint density at radius 2 is 2.06 bits per heavy atom. The van der Waals surface area contributed by atoms with E-state index in [0.29, 0.717) is 31.6 Å². The lowest BCUT2D eigenvalue weighted by Crippen LogP contribution is -2.37. The van der Waals surface area contributed by atoms with Crippen molar-refractivity contribution < 1.29 is 24.2 Å². The summed E-state index contributed by atoms with van der Waals surface area (Å²) in [6, 6.07) is 11.7. The van der Waals surface area contributed by atoms with Gasteiger partial charge in [-0.05, 0) is 42.1 Å². The molecule has 0 aliphatic heterocycles. The molecule has 2 N–H and O–H groups in total. The van der Waals surface area contributed by atoms with Gasteiger partial charge in [0.15, 0.2) is 5.69 Å². The molecule has 2 aromatic rings. The summed E-state index contributed by atoms with van der Waals surface area (Å²) in [7, 11) is 0. The molecular formula is C26H35N3O5. The van der Waals surface area contributed by atoms with Crippen LogP contribution in [0, 0.1) is 17.3 Å². The van der Waals surface area contributed by atoms with Gasteiger partial charge in [0.25, 0.3) is 0 Å². The van der Waals surface area contributed by atoms with Crippen LogP contribution in [0.2, 0.25) is 0 Å². The molecule has 2 aliphatic rings. The van der Waals surface area contributed by atoms with Gasteiger partial charge in [-0.1, -0.05) is 57.0 Å². The van der Waals surface area contributed by atoms with Gasteiger partial charge in [0.2, 0.25) is 11.8 Å². The lowest BCUT2D eigenvalue weighted by molar-refractivity contribution is -0.122. The minimum absolute atomic E-state index is 0.0670. The average molecular weight is 470 g/mol. The number of carboxylic acid groups (broad SMARTS) is 1. The average Bonchev–Trinajstić information content (AvgIpc) is 3.30. The first-order valence-corrected chi connectivity index (χ1v) is 12.2. The number of aromatic nitrogens is 2. The molecule has 8 nitrogen and oxygen atoms in total. The van der Waals surface area contributed by atoms with Crippen LogP contribution in [0.3, 0.4) is 0 Å². The summed E-state index contributed by atoms with van der Waals surface area (Å²) < 4.78 is 13.1. The monoisotopic (exact) mass is 469 g/mol. The van der Waals surface area contributed by atoms with E-state index in [9.17, 15) is 14.7 Å². The van der Waals surface area contributed by atoms with Gasteiger partial charge in [0.05, 0.1) is 19.8 Å². The van der Waals surface area contributed by atoms with Gasteiger partial charge in [-0.25, -0.2) is 9.48 Å². The van der Waals surface area contributed by atoms with E-state index in [0.717, 1.165) is 19.3 Å². The largest absolute Gasteiger partial charge is 0.478 e. The molecule has 1 aromatic carbocycles. The highest BCUT2D eigenvalue weighted by atomic mass is 16.5. The van der Waals surface area contributed by atoms with Crippen LogP contribution in [-0.2, 0) is 22.7 Å². The van der Waals surface area contributed by atoms with E-state index in [2.05, 4.69) is 22.5 Å². The third-order valence-corrected chi connectivity index (χ3v) is 6.96. The summed E-state index contributed by atoms with van der Waals surface area (Å²) in [5, 5.41) is 16.5. The van der Waals surface area contributed by atoms with Crippen LogP contribution in [0.4, 0.5) is 0 Å². The molecule has 3 atom stereocenters. The normalized spacial score (nSPS) is 23.7. The Hall–Kier alpha value is -2.87. The van der Waals surface area contributed by atoms with Crippen molar-refractivity contribution in [2.45, 2.75) is 65.1 Å². The highest BCUT2D eigenvalue weighted by Gasteiger charge is 2.59. The summed E-state index contributed by atoms with van der Waals surface area (Å²) in [5.74, 6) is -0.314. The molecule has 0 bridgehead atoms. The maximum atomic E-state index is 12.9. The van der Waals surface area contributed by atoms with Gasteiger partial charge in [0.1, 0.15) is 6.54 Å². The van der Waals surface area contributed by atoms with E-state index in [1.807, 2.05) is 32.0 Å². The number of aromatic carboxylic acids is 1. The van der Waals surface area contributed by atoms with Crippen LogP contribution in [0.25, 0.3) is 0 Å². The zero-order valence-electron chi connectivity index (χ0n) is 20.0. The van der Waals surface area contributed by atoms with Crippen molar-refractivity contribution in [3.8, 4) is 5.88 Å². The molecular weight excluding hydrogens is 434 g/mol. The van der Waals surface area contributed by atoms with Gasteiger partial charge in [0, 0.05) is 12.1 Å². The van der Waals surface area contributed by atoms with Crippen LogP contribution < -0.4 is 10.1 Å². The Labute approximate surface area is 200 Å². The molecule has 1 spiro atoms. The number of hydrogen-bond acceptors (Lipinski definition) is 5. The smallest absolute Gasteiger partial charge is 0.356 e. The van der Waals surface area contributed by atoms with Crippen LogP contribution in [0.15, 0.2) is 36.4 Å². The molecule has 2 aliphatic carbocycles. The molecule has 8 heteroatoms. The van der Waals surface area contributed by atoms with Crippen molar-refractivity contribution in [2.24, 2.45) is 17.3 Å². The number of ether oxygens (including phenoxy) is 2. The topological polar surface area (TPSA) is 103 Å². The van der Waals surface area contributed by atoms with E-state index in [1.54, 1.807) is 0 Å². The first-order chi connectivity index (χ1) is 16.4. The van der Waals surface area contributed by atoms with Gasteiger partial charge >= 0.3 is 5.97 Å². The number of benzene rings is 1. The molecule has 1 aromatic heterocycles. The van der Waals surface area contributed by atoms with Crippen LogP contribution >= 0.6 is 0 Å². The fourth-order valence-electron chi connectivity index (χ4n) is 5.08. The standard InChI is InChI=1S/C26H35N3O5/c1-18(2)15-34-24-12-21(25(31)32)28-29(24)14-23(30)27-22-13-26(22)11-7-6-10-20(26)17-33-16-19-8-4-3-5-9-19/h3-5,8-9,12,18,20,22H,6-7,10-11,13-17H2,1-2H3,(H,27,30)(H,31,32)/t20-,22?,26?/m1/s1. The zero-order chi connectivity index (χ0) is 24.1. The summed E-state index contributed by atoms with van der Waals surface area (Å²) in [6.45, 7) is 5.67.